The Morgan fingerprint density at radius 2 is 1.53 bits per heavy atom. The second kappa shape index (κ2) is 5.06. The predicted molar refractivity (Wildman–Crippen MR) is 77.3 cm³/mol. The highest BCUT2D eigenvalue weighted by Crippen LogP contribution is 2.37. The lowest BCUT2D eigenvalue weighted by molar-refractivity contribution is 0.215. The van der Waals surface area contributed by atoms with Crippen molar-refractivity contribution in [1.82, 2.24) is 0 Å². The fourth-order valence-electron chi connectivity index (χ4n) is 2.20. The van der Waals surface area contributed by atoms with Gasteiger partial charge in [-0.05, 0) is 16.5 Å². The van der Waals surface area contributed by atoms with Crippen molar-refractivity contribution < 1.29 is 10.2 Å². The van der Waals surface area contributed by atoms with Crippen molar-refractivity contribution in [2.75, 3.05) is 0 Å². The molecule has 0 radical (unpaired) electrons. The number of phenols is 1. The van der Waals surface area contributed by atoms with Crippen molar-refractivity contribution in [1.29, 1.82) is 0 Å². The smallest absolute Gasteiger partial charge is 0.125 e. The quantitative estimate of drug-likeness (QED) is 0.858. The summed E-state index contributed by atoms with van der Waals surface area (Å²) in [7, 11) is 0. The van der Waals surface area contributed by atoms with Crippen LogP contribution in [0.15, 0.2) is 48.5 Å². The first-order valence-electron chi connectivity index (χ1n) is 6.46. The van der Waals surface area contributed by atoms with Gasteiger partial charge in [0.2, 0.25) is 0 Å². The van der Waals surface area contributed by atoms with Crippen LogP contribution >= 0.6 is 0 Å². The van der Waals surface area contributed by atoms with Crippen LogP contribution in [0.1, 0.15) is 43.6 Å². The van der Waals surface area contributed by atoms with E-state index in [1.54, 1.807) is 6.07 Å². The van der Waals surface area contributed by atoms with E-state index < -0.39 is 6.10 Å². The van der Waals surface area contributed by atoms with E-state index >= 15 is 0 Å². The van der Waals surface area contributed by atoms with E-state index in [9.17, 15) is 10.2 Å². The maximum atomic E-state index is 10.4. The Balaban J connectivity index is 2.47. The van der Waals surface area contributed by atoms with Crippen LogP contribution in [-0.4, -0.2) is 10.2 Å². The summed E-state index contributed by atoms with van der Waals surface area (Å²) in [5.41, 5.74) is 2.03. The number of aliphatic hydroxyl groups is 1. The molecule has 0 spiro atoms. The molecule has 0 fully saturated rings. The molecule has 2 rings (SSSR count). The lowest BCUT2D eigenvalue weighted by Gasteiger charge is -2.23. The van der Waals surface area contributed by atoms with Crippen LogP contribution in [0.25, 0.3) is 0 Å². The van der Waals surface area contributed by atoms with Gasteiger partial charge in [0.25, 0.3) is 0 Å². The first-order valence-corrected chi connectivity index (χ1v) is 6.46. The molecule has 0 aromatic heterocycles. The van der Waals surface area contributed by atoms with Crippen LogP contribution < -0.4 is 0 Å². The Morgan fingerprint density at radius 3 is 2.11 bits per heavy atom. The lowest BCUT2D eigenvalue weighted by atomic mass is 9.84. The third-order valence-corrected chi connectivity index (χ3v) is 3.29. The predicted octanol–water partition coefficient (Wildman–Crippen LogP) is 3.77. The number of aliphatic hydroxyl groups excluding tert-OH is 1. The summed E-state index contributed by atoms with van der Waals surface area (Å²) in [6.45, 7) is 6.13. The first kappa shape index (κ1) is 13.6. The summed E-state index contributed by atoms with van der Waals surface area (Å²) in [4.78, 5) is 0. The average molecular weight is 256 g/mol. The van der Waals surface area contributed by atoms with Crippen LogP contribution in [0.3, 0.4) is 0 Å². The SMILES string of the molecule is CC(C)(C)c1cccc(C(O)c2ccccc2)c1O. The molecule has 0 bridgehead atoms. The molecule has 0 aliphatic carbocycles. The molecular weight excluding hydrogens is 236 g/mol. The van der Waals surface area contributed by atoms with Gasteiger partial charge in [0.15, 0.2) is 0 Å². The van der Waals surface area contributed by atoms with Crippen molar-refractivity contribution in [3.8, 4) is 5.75 Å². The summed E-state index contributed by atoms with van der Waals surface area (Å²) >= 11 is 0. The summed E-state index contributed by atoms with van der Waals surface area (Å²) in [5, 5.41) is 20.8. The van der Waals surface area contributed by atoms with Crippen LogP contribution in [0.4, 0.5) is 0 Å². The van der Waals surface area contributed by atoms with Crippen LogP contribution in [0.5, 0.6) is 5.75 Å². The normalized spacial score (nSPS) is 13.3. The number of phenolic OH excluding ortho intramolecular Hbond substituents is 1. The third-order valence-electron chi connectivity index (χ3n) is 3.29. The second-order valence-electron chi connectivity index (χ2n) is 5.81. The molecule has 0 heterocycles. The lowest BCUT2D eigenvalue weighted by Crippen LogP contribution is -2.13. The van der Waals surface area contributed by atoms with Gasteiger partial charge >= 0.3 is 0 Å². The van der Waals surface area contributed by atoms with Crippen molar-refractivity contribution in [2.24, 2.45) is 0 Å². The largest absolute Gasteiger partial charge is 0.507 e. The van der Waals surface area contributed by atoms with Gasteiger partial charge in [-0.25, -0.2) is 0 Å². The van der Waals surface area contributed by atoms with Gasteiger partial charge in [-0.3, -0.25) is 0 Å². The van der Waals surface area contributed by atoms with Gasteiger partial charge in [-0.15, -0.1) is 0 Å². The van der Waals surface area contributed by atoms with Gasteiger partial charge in [-0.1, -0.05) is 69.3 Å². The van der Waals surface area contributed by atoms with E-state index in [1.165, 1.54) is 0 Å². The maximum Gasteiger partial charge on any atom is 0.125 e. The Hall–Kier alpha value is -1.80. The monoisotopic (exact) mass is 256 g/mol. The molecule has 2 aromatic rings. The molecule has 0 aliphatic heterocycles. The van der Waals surface area contributed by atoms with Crippen molar-refractivity contribution in [3.05, 3.63) is 65.2 Å². The number of hydrogen-bond acceptors (Lipinski definition) is 2. The minimum absolute atomic E-state index is 0.156. The Labute approximate surface area is 114 Å². The number of para-hydroxylation sites is 1. The Bertz CT molecular complexity index is 553. The van der Waals surface area contributed by atoms with Gasteiger partial charge < -0.3 is 10.2 Å². The molecular formula is C17H20O2. The van der Waals surface area contributed by atoms with Gasteiger partial charge in [0.1, 0.15) is 11.9 Å². The number of hydrogen-bond donors (Lipinski definition) is 2. The highest BCUT2D eigenvalue weighted by atomic mass is 16.3. The molecule has 0 saturated carbocycles. The van der Waals surface area contributed by atoms with Crippen molar-refractivity contribution in [3.63, 3.8) is 0 Å². The zero-order valence-electron chi connectivity index (χ0n) is 11.6. The highest BCUT2D eigenvalue weighted by Gasteiger charge is 2.22. The van der Waals surface area contributed by atoms with E-state index in [1.807, 2.05) is 63.2 Å². The summed E-state index contributed by atoms with van der Waals surface area (Å²) in [6.07, 6.45) is -0.802. The van der Waals surface area contributed by atoms with Crippen molar-refractivity contribution in [2.45, 2.75) is 32.3 Å². The molecule has 0 saturated heterocycles. The molecule has 1 unspecified atom stereocenters. The fourth-order valence-corrected chi connectivity index (χ4v) is 2.20. The molecule has 0 amide bonds. The summed E-state index contributed by atoms with van der Waals surface area (Å²) < 4.78 is 0. The summed E-state index contributed by atoms with van der Waals surface area (Å²) in [5.74, 6) is 0.186. The fraction of sp³-hybridized carbons (Fsp3) is 0.294. The topological polar surface area (TPSA) is 40.5 Å². The number of benzene rings is 2. The van der Waals surface area contributed by atoms with Gasteiger partial charge in [0, 0.05) is 5.56 Å². The molecule has 2 nitrogen and oxygen atoms in total. The molecule has 19 heavy (non-hydrogen) atoms. The maximum absolute atomic E-state index is 10.4. The zero-order valence-corrected chi connectivity index (χ0v) is 11.6. The minimum atomic E-state index is -0.802. The standard InChI is InChI=1S/C17H20O2/c1-17(2,3)14-11-7-10-13(16(14)19)15(18)12-8-5-4-6-9-12/h4-11,15,18-19H,1-3H3. The molecule has 100 valence electrons. The van der Waals surface area contributed by atoms with E-state index in [2.05, 4.69) is 0 Å². The van der Waals surface area contributed by atoms with Gasteiger partial charge in [-0.2, -0.15) is 0 Å². The molecule has 2 heteroatoms. The third kappa shape index (κ3) is 2.79. The van der Waals surface area contributed by atoms with E-state index in [-0.39, 0.29) is 11.2 Å². The summed E-state index contributed by atoms with van der Waals surface area (Å²) in [6, 6.07) is 14.9. The van der Waals surface area contributed by atoms with Gasteiger partial charge in [0.05, 0.1) is 0 Å². The average Bonchev–Trinajstić information content (AvgIpc) is 2.38. The second-order valence-corrected chi connectivity index (χ2v) is 5.81. The zero-order chi connectivity index (χ0) is 14.0. The van der Waals surface area contributed by atoms with Crippen molar-refractivity contribution >= 4 is 0 Å². The minimum Gasteiger partial charge on any atom is -0.507 e. The Morgan fingerprint density at radius 1 is 0.895 bits per heavy atom. The Kier molecular flexibility index (Phi) is 3.63. The van der Waals surface area contributed by atoms with E-state index in [0.717, 1.165) is 11.1 Å². The molecule has 1 atom stereocenters. The van der Waals surface area contributed by atoms with Crippen LogP contribution in [0, 0.1) is 0 Å². The number of rotatable bonds is 2. The highest BCUT2D eigenvalue weighted by molar-refractivity contribution is 5.47. The molecule has 0 aliphatic rings. The molecule has 2 aromatic carbocycles. The number of aromatic hydroxyl groups is 1. The van der Waals surface area contributed by atoms with E-state index in [4.69, 9.17) is 0 Å². The molecule has 2 N–H and O–H groups in total. The van der Waals surface area contributed by atoms with Crippen LogP contribution in [0.2, 0.25) is 0 Å². The first-order chi connectivity index (χ1) is 8.91. The van der Waals surface area contributed by atoms with E-state index in [0.29, 0.717) is 5.56 Å². The van der Waals surface area contributed by atoms with Crippen LogP contribution in [-0.2, 0) is 5.41 Å².